The molecule has 0 unspecified atom stereocenters. The number of fused-ring (bicyclic) bond motifs is 2. The maximum absolute atomic E-state index is 12.2. The number of hydrogen-bond donors (Lipinski definition) is 1. The second-order valence-electron chi connectivity index (χ2n) is 12.1. The average molecular weight is 594 g/mol. The van der Waals surface area contributed by atoms with Gasteiger partial charge in [0.25, 0.3) is 5.91 Å². The number of carbonyl (C=O) groups excluding carboxylic acids is 2. The summed E-state index contributed by atoms with van der Waals surface area (Å²) in [6, 6.07) is 17.7. The summed E-state index contributed by atoms with van der Waals surface area (Å²) < 4.78 is 6.30. The van der Waals surface area contributed by atoms with Crippen LogP contribution in [0.3, 0.4) is 0 Å². The van der Waals surface area contributed by atoms with E-state index in [1.54, 1.807) is 4.90 Å². The van der Waals surface area contributed by atoms with Crippen molar-refractivity contribution in [2.24, 2.45) is 5.73 Å². The lowest BCUT2D eigenvalue weighted by Crippen LogP contribution is -2.54. The van der Waals surface area contributed by atoms with Crippen LogP contribution in [0, 0.1) is 11.3 Å². The van der Waals surface area contributed by atoms with Crippen molar-refractivity contribution in [1.82, 2.24) is 19.8 Å². The Kier molecular flexibility index (Phi) is 8.75. The SMILES string of the molecule is CN1CCC[C@H]1COc1nc2c(c(N3CCN(C(=CC=O)C(N)=O)[C@@H](CC#N)C3)n1)CC[C@H](c1cccc3ccccc13)C2. The zero-order valence-electron chi connectivity index (χ0n) is 25.2. The Hall–Kier alpha value is -4.49. The third-order valence-electron chi connectivity index (χ3n) is 9.47. The topological polar surface area (TPSA) is 129 Å². The lowest BCUT2D eigenvalue weighted by atomic mass is 9.80. The van der Waals surface area contributed by atoms with Crippen molar-refractivity contribution in [2.45, 2.75) is 56.5 Å². The number of aromatic nitrogens is 2. The van der Waals surface area contributed by atoms with E-state index in [4.69, 9.17) is 20.4 Å². The van der Waals surface area contributed by atoms with Gasteiger partial charge in [-0.2, -0.15) is 15.2 Å². The minimum Gasteiger partial charge on any atom is -0.462 e. The highest BCUT2D eigenvalue weighted by molar-refractivity contribution is 5.95. The molecule has 2 aliphatic heterocycles. The van der Waals surface area contributed by atoms with E-state index in [0.29, 0.717) is 50.5 Å². The molecule has 1 aliphatic carbocycles. The van der Waals surface area contributed by atoms with Gasteiger partial charge in [0.15, 0.2) is 0 Å². The number of benzene rings is 2. The normalized spacial score (nSPS) is 22.5. The van der Waals surface area contributed by atoms with Gasteiger partial charge in [0.2, 0.25) is 0 Å². The van der Waals surface area contributed by atoms with Gasteiger partial charge in [0, 0.05) is 37.3 Å². The number of nitrogens with two attached hydrogens (primary N) is 1. The Morgan fingerprint density at radius 2 is 1.95 bits per heavy atom. The van der Waals surface area contributed by atoms with Crippen molar-refractivity contribution in [2.75, 3.05) is 44.7 Å². The monoisotopic (exact) mass is 593 g/mol. The number of amides is 1. The Morgan fingerprint density at radius 1 is 1.11 bits per heavy atom. The average Bonchev–Trinajstić information content (AvgIpc) is 3.46. The van der Waals surface area contributed by atoms with E-state index in [-0.39, 0.29) is 18.2 Å². The molecule has 6 rings (SSSR count). The van der Waals surface area contributed by atoms with Crippen LogP contribution in [0.25, 0.3) is 10.8 Å². The van der Waals surface area contributed by atoms with Gasteiger partial charge in [0.1, 0.15) is 24.4 Å². The maximum Gasteiger partial charge on any atom is 0.318 e. The molecular formula is C34H39N7O3. The Labute approximate surface area is 258 Å². The Bertz CT molecular complexity index is 1610. The van der Waals surface area contributed by atoms with E-state index in [9.17, 15) is 14.9 Å². The highest BCUT2D eigenvalue weighted by atomic mass is 16.5. The molecule has 44 heavy (non-hydrogen) atoms. The first-order valence-corrected chi connectivity index (χ1v) is 15.5. The largest absolute Gasteiger partial charge is 0.462 e. The van der Waals surface area contributed by atoms with Crippen LogP contribution in [0.5, 0.6) is 6.01 Å². The van der Waals surface area contributed by atoms with Crippen molar-refractivity contribution in [1.29, 1.82) is 5.26 Å². The number of rotatable bonds is 9. The van der Waals surface area contributed by atoms with Crippen LogP contribution in [0.15, 0.2) is 54.2 Å². The van der Waals surface area contributed by atoms with E-state index in [1.807, 2.05) is 0 Å². The smallest absolute Gasteiger partial charge is 0.318 e. The fraction of sp³-hybridized carbons (Fsp3) is 0.441. The molecule has 2 fully saturated rings. The third kappa shape index (κ3) is 5.97. The molecule has 1 aromatic heterocycles. The molecular weight excluding hydrogens is 554 g/mol. The lowest BCUT2D eigenvalue weighted by Gasteiger charge is -2.43. The molecule has 0 saturated carbocycles. The summed E-state index contributed by atoms with van der Waals surface area (Å²) in [6.07, 6.45) is 6.76. The molecule has 10 nitrogen and oxygen atoms in total. The van der Waals surface area contributed by atoms with Crippen LogP contribution in [-0.2, 0) is 22.4 Å². The van der Waals surface area contributed by atoms with Gasteiger partial charge in [-0.15, -0.1) is 0 Å². The van der Waals surface area contributed by atoms with Crippen LogP contribution >= 0.6 is 0 Å². The summed E-state index contributed by atoms with van der Waals surface area (Å²) in [5, 5.41) is 12.2. The number of allylic oxidation sites excluding steroid dienone is 1. The fourth-order valence-corrected chi connectivity index (χ4v) is 7.16. The van der Waals surface area contributed by atoms with Crippen LogP contribution in [0.2, 0.25) is 0 Å². The van der Waals surface area contributed by atoms with Gasteiger partial charge < -0.3 is 25.2 Å². The third-order valence-corrected chi connectivity index (χ3v) is 9.47. The standard InChI is InChI=1S/C34H39N7O3/c1-39-16-5-8-26(39)22-44-34-37-30-20-24(28-10-4-7-23-6-2-3-9-27(23)28)11-12-29(30)33(38-34)40-17-18-41(25(21-40)13-15-35)31(14-19-42)32(36)43/h2-4,6-7,9-10,14,19,24-26H,5,8,11-13,16-18,20-22H2,1H3,(H2,36,43)/t24-,25-,26-/m0/s1. The van der Waals surface area contributed by atoms with Gasteiger partial charge in [-0.25, -0.2) is 0 Å². The fourth-order valence-electron chi connectivity index (χ4n) is 7.16. The molecule has 3 aromatic rings. The molecule has 3 aliphatic rings. The van der Waals surface area contributed by atoms with Crippen LogP contribution in [0.1, 0.15) is 48.4 Å². The van der Waals surface area contributed by atoms with Crippen molar-refractivity contribution >= 4 is 28.8 Å². The van der Waals surface area contributed by atoms with Gasteiger partial charge >= 0.3 is 6.01 Å². The summed E-state index contributed by atoms with van der Waals surface area (Å²) in [4.78, 5) is 39.7. The van der Waals surface area contributed by atoms with Crippen molar-refractivity contribution in [3.63, 3.8) is 0 Å². The number of primary amides is 1. The zero-order chi connectivity index (χ0) is 30.6. The second kappa shape index (κ2) is 13.0. The predicted octanol–water partition coefficient (Wildman–Crippen LogP) is 3.35. The second-order valence-corrected chi connectivity index (χ2v) is 12.1. The highest BCUT2D eigenvalue weighted by Crippen LogP contribution is 2.39. The number of anilines is 1. The van der Waals surface area contributed by atoms with Crippen molar-refractivity contribution in [3.8, 4) is 12.1 Å². The first-order valence-electron chi connectivity index (χ1n) is 15.5. The number of carbonyl (C=O) groups is 2. The quantitative estimate of drug-likeness (QED) is 0.293. The number of nitriles is 1. The van der Waals surface area contributed by atoms with Crippen LogP contribution < -0.4 is 15.4 Å². The first-order chi connectivity index (χ1) is 21.5. The summed E-state index contributed by atoms with van der Waals surface area (Å²) >= 11 is 0. The molecule has 10 heteroatoms. The van der Waals surface area contributed by atoms with Crippen LogP contribution in [-0.4, -0.2) is 83.9 Å². The minimum atomic E-state index is -0.681. The summed E-state index contributed by atoms with van der Waals surface area (Å²) in [5.41, 5.74) is 9.21. The van der Waals surface area contributed by atoms with E-state index in [2.05, 4.69) is 65.4 Å². The van der Waals surface area contributed by atoms with Gasteiger partial charge in [-0.3, -0.25) is 9.59 Å². The summed E-state index contributed by atoms with van der Waals surface area (Å²) in [5.74, 6) is 0.476. The Morgan fingerprint density at radius 3 is 2.73 bits per heavy atom. The minimum absolute atomic E-state index is 0.132. The van der Waals surface area contributed by atoms with E-state index < -0.39 is 5.91 Å². The van der Waals surface area contributed by atoms with Gasteiger partial charge in [-0.05, 0) is 68.0 Å². The van der Waals surface area contributed by atoms with E-state index >= 15 is 0 Å². The van der Waals surface area contributed by atoms with Gasteiger partial charge in [-0.1, -0.05) is 42.5 Å². The zero-order valence-corrected chi connectivity index (χ0v) is 25.2. The number of nitrogens with zero attached hydrogens (tertiary/aromatic N) is 6. The molecule has 1 amide bonds. The lowest BCUT2D eigenvalue weighted by molar-refractivity contribution is -0.116. The number of piperazine rings is 1. The highest BCUT2D eigenvalue weighted by Gasteiger charge is 2.34. The van der Waals surface area contributed by atoms with Crippen molar-refractivity contribution in [3.05, 3.63) is 71.1 Å². The van der Waals surface area contributed by atoms with Crippen molar-refractivity contribution < 1.29 is 14.3 Å². The molecule has 0 radical (unpaired) electrons. The Balaban J connectivity index is 1.33. The number of ether oxygens (including phenoxy) is 1. The number of likely N-dealkylation sites (tertiary alicyclic amines) is 1. The first kappa shape index (κ1) is 29.6. The number of hydrogen-bond acceptors (Lipinski definition) is 9. The van der Waals surface area contributed by atoms with Gasteiger partial charge in [0.05, 0.1) is 24.2 Å². The maximum atomic E-state index is 12.2. The number of aldehydes is 1. The molecule has 2 N–H and O–H groups in total. The molecule has 3 heterocycles. The number of likely N-dealkylation sites (N-methyl/N-ethyl adjacent to an activating group) is 1. The summed E-state index contributed by atoms with van der Waals surface area (Å²) in [6.45, 7) is 3.03. The molecule has 2 aromatic carbocycles. The van der Waals surface area contributed by atoms with E-state index in [0.717, 1.165) is 55.7 Å². The summed E-state index contributed by atoms with van der Waals surface area (Å²) in [7, 11) is 2.13. The molecule has 0 bridgehead atoms. The predicted molar refractivity (Wildman–Crippen MR) is 168 cm³/mol. The molecule has 0 spiro atoms. The molecule has 3 atom stereocenters. The molecule has 228 valence electrons. The molecule has 2 saturated heterocycles. The van der Waals surface area contributed by atoms with E-state index in [1.165, 1.54) is 22.4 Å². The van der Waals surface area contributed by atoms with Crippen LogP contribution in [0.4, 0.5) is 5.82 Å².